The fourth-order valence-electron chi connectivity index (χ4n) is 6.15. The molecule has 0 saturated heterocycles. The molecule has 0 amide bonds. The molecule has 2 atom stereocenters. The van der Waals surface area contributed by atoms with Gasteiger partial charge in [0.2, 0.25) is 8.32 Å². The van der Waals surface area contributed by atoms with Crippen LogP contribution in [0.3, 0.4) is 0 Å². The number of quaternary nitrogens is 1. The minimum atomic E-state index is -4.47. The van der Waals surface area contributed by atoms with Crippen molar-refractivity contribution in [3.8, 4) is 0 Å². The van der Waals surface area contributed by atoms with Crippen LogP contribution in [0.25, 0.3) is 0 Å². The highest BCUT2D eigenvalue weighted by Crippen LogP contribution is 2.55. The molecule has 0 saturated carbocycles. The molecule has 45 heavy (non-hydrogen) atoms. The smallest absolute Gasteiger partial charge is 0.268 e. The van der Waals surface area contributed by atoms with Crippen LogP contribution < -0.4 is 4.89 Å². The Kier molecular flexibility index (Phi) is 23.1. The number of unbranched alkanes of at least 4 members (excludes halogenated alkanes) is 13. The van der Waals surface area contributed by atoms with Crippen molar-refractivity contribution in [3.63, 3.8) is 0 Å². The Bertz CT molecular complexity index is 789. The van der Waals surface area contributed by atoms with Crippen LogP contribution in [0.2, 0.25) is 16.1 Å². The van der Waals surface area contributed by atoms with Crippen LogP contribution >= 0.6 is 7.82 Å². The zero-order chi connectivity index (χ0) is 34.5. The molecule has 0 aliphatic heterocycles. The second-order valence-corrected chi connectivity index (χ2v) is 22.9. The molecule has 0 aromatic heterocycles. The van der Waals surface area contributed by atoms with Gasteiger partial charge < -0.3 is 27.6 Å². The average molecular weight is 678 g/mol. The molecule has 0 aliphatic rings. The van der Waals surface area contributed by atoms with E-state index in [0.717, 1.165) is 31.7 Å². The van der Waals surface area contributed by atoms with E-state index >= 15 is 0 Å². The van der Waals surface area contributed by atoms with Gasteiger partial charge in [-0.1, -0.05) is 139 Å². The molecule has 0 aliphatic carbocycles. The van der Waals surface area contributed by atoms with Crippen LogP contribution in [-0.4, -0.2) is 66.4 Å². The first-order valence-corrected chi connectivity index (χ1v) is 21.8. The van der Waals surface area contributed by atoms with Crippen LogP contribution in [0.5, 0.6) is 0 Å². The highest BCUT2D eigenvalue weighted by atomic mass is 31.2. The molecule has 0 bridgehead atoms. The molecule has 9 heteroatoms. The highest BCUT2D eigenvalue weighted by molar-refractivity contribution is 7.45. The minimum Gasteiger partial charge on any atom is -0.756 e. The third-order valence-corrected chi connectivity index (χ3v) is 16.4. The quantitative estimate of drug-likeness (QED) is 0.0270. The fourth-order valence-corrected chi connectivity index (χ4v) is 13.0. The van der Waals surface area contributed by atoms with Crippen LogP contribution in [0.1, 0.15) is 152 Å². The number of nitrogens with zero attached hydrogens (tertiary/aromatic N) is 1. The molecule has 0 spiro atoms. The van der Waals surface area contributed by atoms with Crippen molar-refractivity contribution in [2.45, 2.75) is 174 Å². The lowest BCUT2D eigenvalue weighted by Gasteiger charge is -2.52. The van der Waals surface area contributed by atoms with E-state index < -0.39 is 22.2 Å². The monoisotopic (exact) mass is 678 g/mol. The maximum atomic E-state index is 12.7. The Morgan fingerprint density at radius 2 is 1.22 bits per heavy atom. The number of likely N-dealkylation sites (N-methyl/N-ethyl adjacent to an activating group) is 1. The van der Waals surface area contributed by atoms with Gasteiger partial charge in [-0.2, -0.15) is 0 Å². The van der Waals surface area contributed by atoms with Crippen LogP contribution in [0.4, 0.5) is 0 Å². The number of rotatable bonds is 28. The zero-order valence-electron chi connectivity index (χ0n) is 31.7. The molecule has 2 unspecified atom stereocenters. The predicted octanol–water partition coefficient (Wildman–Crippen LogP) is 10.5. The van der Waals surface area contributed by atoms with Crippen molar-refractivity contribution in [3.05, 3.63) is 12.3 Å². The summed E-state index contributed by atoms with van der Waals surface area (Å²) in [7, 11) is -0.957. The molecular formula is C36H76NO6PSi. The summed E-state index contributed by atoms with van der Waals surface area (Å²) < 4.78 is 36.9. The topological polar surface area (TPSA) is 77.1 Å². The van der Waals surface area contributed by atoms with Gasteiger partial charge in [-0.3, -0.25) is 4.57 Å². The number of phosphoric ester groups is 1. The van der Waals surface area contributed by atoms with Gasteiger partial charge in [0, 0.05) is 0 Å². The van der Waals surface area contributed by atoms with E-state index in [0.29, 0.717) is 11.0 Å². The fraction of sp³-hybridized carbons (Fsp3) is 0.944. The largest absolute Gasteiger partial charge is 0.756 e. The van der Waals surface area contributed by atoms with Crippen molar-refractivity contribution in [2.24, 2.45) is 0 Å². The van der Waals surface area contributed by atoms with E-state index in [-0.39, 0.29) is 29.9 Å². The molecule has 0 heterocycles. The van der Waals surface area contributed by atoms with E-state index in [9.17, 15) is 9.46 Å². The van der Waals surface area contributed by atoms with Crippen molar-refractivity contribution in [1.29, 1.82) is 0 Å². The maximum absolute atomic E-state index is 12.7. The van der Waals surface area contributed by atoms with Crippen LogP contribution in [-0.2, 0) is 22.8 Å². The van der Waals surface area contributed by atoms with Gasteiger partial charge in [-0.25, -0.2) is 0 Å². The van der Waals surface area contributed by atoms with Gasteiger partial charge in [0.1, 0.15) is 25.9 Å². The van der Waals surface area contributed by atoms with Crippen molar-refractivity contribution < 1.29 is 32.2 Å². The molecular weight excluding hydrogens is 601 g/mol. The summed E-state index contributed by atoms with van der Waals surface area (Å²) in [5.74, 6) is 0. The Morgan fingerprint density at radius 1 is 0.733 bits per heavy atom. The summed E-state index contributed by atoms with van der Waals surface area (Å²) in [6, 6.07) is 0.997. The molecule has 0 N–H and O–H groups in total. The Labute approximate surface area is 281 Å². The summed E-state index contributed by atoms with van der Waals surface area (Å²) in [6.07, 6.45) is 22.5. The minimum absolute atomic E-state index is 0.0641. The lowest BCUT2D eigenvalue weighted by Crippen LogP contribution is -2.57. The molecule has 0 radical (unpaired) electrons. The SMILES string of the molecule is CCCCCCCCCCCCCC/C=C\OCC(COP(=O)([O-])OCC[N+](C)(C)C)O[Si](CCCC)(C(C)(C)C)C(C)(C)C. The van der Waals surface area contributed by atoms with Gasteiger partial charge >= 0.3 is 0 Å². The average Bonchev–Trinajstić information content (AvgIpc) is 2.91. The molecule has 0 aromatic carbocycles. The molecule has 7 nitrogen and oxygen atoms in total. The zero-order valence-corrected chi connectivity index (χ0v) is 33.6. The van der Waals surface area contributed by atoms with Gasteiger partial charge in [0.15, 0.2) is 0 Å². The summed E-state index contributed by atoms with van der Waals surface area (Å²) in [5, 5.41) is -0.128. The summed E-state index contributed by atoms with van der Waals surface area (Å²) in [4.78, 5) is 12.7. The first kappa shape index (κ1) is 44.8. The third-order valence-electron chi connectivity index (χ3n) is 8.80. The van der Waals surface area contributed by atoms with Crippen molar-refractivity contribution in [2.75, 3.05) is 47.5 Å². The van der Waals surface area contributed by atoms with E-state index in [2.05, 4.69) is 61.5 Å². The maximum Gasteiger partial charge on any atom is 0.268 e. The Morgan fingerprint density at radius 3 is 1.69 bits per heavy atom. The number of ether oxygens (including phenoxy) is 1. The van der Waals surface area contributed by atoms with Gasteiger partial charge in [-0.05, 0) is 35.0 Å². The lowest BCUT2D eigenvalue weighted by molar-refractivity contribution is -0.870. The van der Waals surface area contributed by atoms with Gasteiger partial charge in [-0.15, -0.1) is 0 Å². The normalized spacial score (nSPS) is 15.5. The summed E-state index contributed by atoms with van der Waals surface area (Å²) >= 11 is 0. The Balaban J connectivity index is 5.06. The molecule has 0 fully saturated rings. The predicted molar refractivity (Wildman–Crippen MR) is 193 cm³/mol. The number of allylic oxidation sites excluding steroid dienone is 1. The number of hydrogen-bond acceptors (Lipinski definition) is 6. The third kappa shape index (κ3) is 21.4. The van der Waals surface area contributed by atoms with E-state index in [1.54, 1.807) is 6.26 Å². The Hall–Kier alpha value is -0.213. The number of phosphoric acid groups is 1. The molecule has 0 aromatic rings. The first-order valence-electron chi connectivity index (χ1n) is 18.3. The number of hydrogen-bond donors (Lipinski definition) is 0. The van der Waals surface area contributed by atoms with Crippen LogP contribution in [0.15, 0.2) is 12.3 Å². The van der Waals surface area contributed by atoms with E-state index in [1.165, 1.54) is 70.6 Å². The highest BCUT2D eigenvalue weighted by Gasteiger charge is 2.55. The van der Waals surface area contributed by atoms with E-state index in [1.807, 2.05) is 21.1 Å². The lowest BCUT2D eigenvalue weighted by atomic mass is 10.0. The van der Waals surface area contributed by atoms with E-state index in [4.69, 9.17) is 18.2 Å². The van der Waals surface area contributed by atoms with Crippen molar-refractivity contribution in [1.82, 2.24) is 0 Å². The van der Waals surface area contributed by atoms with Crippen LogP contribution in [0, 0.1) is 0 Å². The summed E-state index contributed by atoms with van der Waals surface area (Å²) in [5.41, 5.74) is 0. The second-order valence-electron chi connectivity index (χ2n) is 16.1. The standard InChI is InChI=1S/C36H76NO6PSi/c1-12-14-16-17-18-19-20-21-22-23-24-25-26-27-29-40-32-34(33-42-44(38,39)41-30-28-37(9,10)11)43-45(31-15-13-2,35(3,4)5)36(6,7)8/h27,29,34H,12-26,28,30-33H2,1-11H3/b29-27-. The molecule has 270 valence electrons. The summed E-state index contributed by atoms with van der Waals surface area (Å²) in [6.45, 7) is 18.8. The second kappa shape index (κ2) is 23.2. The van der Waals surface area contributed by atoms with Crippen molar-refractivity contribution >= 4 is 16.1 Å². The molecule has 0 rings (SSSR count). The first-order chi connectivity index (χ1) is 20.9. The van der Waals surface area contributed by atoms with Gasteiger partial charge in [0.25, 0.3) is 7.82 Å². The van der Waals surface area contributed by atoms with Gasteiger partial charge in [0.05, 0.1) is 34.0 Å².